The maximum absolute atomic E-state index is 12.4. The monoisotopic (exact) mass is 464 g/mol. The number of benzene rings is 1. The molecule has 0 fully saturated rings. The number of hydrogen-bond donors (Lipinski definition) is 0. The van der Waals surface area contributed by atoms with Crippen LogP contribution in [0, 0.1) is 22.7 Å². The predicted molar refractivity (Wildman–Crippen MR) is 126 cm³/mol. The summed E-state index contributed by atoms with van der Waals surface area (Å²) in [6.07, 6.45) is 14.5. The molecule has 1 aromatic rings. The fourth-order valence-electron chi connectivity index (χ4n) is 2.91. The van der Waals surface area contributed by atoms with Gasteiger partial charge in [-0.05, 0) is 37.8 Å². The van der Waals surface area contributed by atoms with Gasteiger partial charge in [0.05, 0.1) is 4.91 Å². The van der Waals surface area contributed by atoms with Crippen molar-refractivity contribution in [3.05, 3.63) is 81.7 Å². The Hall–Kier alpha value is -3.40. The summed E-state index contributed by atoms with van der Waals surface area (Å²) in [6, 6.07) is 10.3. The van der Waals surface area contributed by atoms with Crippen LogP contribution in [-0.2, 0) is 14.1 Å². The first-order valence-electron chi connectivity index (χ1n) is 9.87. The van der Waals surface area contributed by atoms with E-state index in [1.165, 1.54) is 0 Å². The lowest BCUT2D eigenvalue weighted by molar-refractivity contribution is 0.409. The molecule has 0 heterocycles. The van der Waals surface area contributed by atoms with Crippen molar-refractivity contribution in [2.75, 3.05) is 5.88 Å². The van der Waals surface area contributed by atoms with Crippen molar-refractivity contribution in [3.63, 3.8) is 0 Å². The zero-order chi connectivity index (χ0) is 22.8. The summed E-state index contributed by atoms with van der Waals surface area (Å²) in [4.78, 5) is 5.17. The fraction of sp³-hybridized carbons (Fsp3) is 0.217. The second kappa shape index (κ2) is 11.3. The molecule has 3 rings (SSSR count). The molecule has 0 N–H and O–H groups in total. The van der Waals surface area contributed by atoms with Crippen molar-refractivity contribution in [2.45, 2.75) is 25.7 Å². The van der Waals surface area contributed by atoms with Crippen LogP contribution >= 0.6 is 12.0 Å². The van der Waals surface area contributed by atoms with Crippen LogP contribution in [0.1, 0.15) is 36.8 Å². The number of sulfone groups is 1. The average Bonchev–Trinajstić information content (AvgIpc) is 2.84. The van der Waals surface area contributed by atoms with E-state index in [1.54, 1.807) is 42.5 Å². The Morgan fingerprint density at radius 1 is 0.938 bits per heavy atom. The Kier molecular flexibility index (Phi) is 8.20. The molecule has 0 saturated carbocycles. The van der Waals surface area contributed by atoms with Gasteiger partial charge in [0.2, 0.25) is 0 Å². The van der Waals surface area contributed by atoms with E-state index in [0.717, 1.165) is 36.2 Å². The van der Waals surface area contributed by atoms with Crippen LogP contribution in [0.25, 0.3) is 0 Å². The highest BCUT2D eigenvalue weighted by atomic mass is 32.2. The normalized spacial score (nSPS) is 16.6. The van der Waals surface area contributed by atoms with E-state index in [9.17, 15) is 18.9 Å². The van der Waals surface area contributed by atoms with Gasteiger partial charge in [-0.2, -0.15) is 10.5 Å². The van der Waals surface area contributed by atoms with Gasteiger partial charge in [-0.25, -0.2) is 8.42 Å². The Balaban J connectivity index is 1.69. The molecule has 0 aliphatic heterocycles. The molecule has 0 radical (unpaired) electrons. The highest BCUT2D eigenvalue weighted by Crippen LogP contribution is 2.23. The van der Waals surface area contributed by atoms with Crippen LogP contribution in [0.2, 0.25) is 0 Å². The lowest BCUT2D eigenvalue weighted by Gasteiger charge is -2.07. The molecule has 2 aliphatic rings. The van der Waals surface area contributed by atoms with Crippen molar-refractivity contribution in [1.29, 1.82) is 10.5 Å². The molecule has 1 aromatic carbocycles. The summed E-state index contributed by atoms with van der Waals surface area (Å²) in [6.45, 7) is 0. The van der Waals surface area contributed by atoms with Gasteiger partial charge in [0.25, 0.3) is 0 Å². The van der Waals surface area contributed by atoms with Gasteiger partial charge in [0, 0.05) is 16.0 Å². The van der Waals surface area contributed by atoms with E-state index in [4.69, 9.17) is 4.28 Å². The van der Waals surface area contributed by atoms with Crippen LogP contribution < -0.4 is 0 Å². The van der Waals surface area contributed by atoms with E-state index in [1.807, 2.05) is 30.4 Å². The third kappa shape index (κ3) is 6.30. The number of aliphatic imine (C=N–C) groups is 1. The average molecular weight is 465 g/mol. The molecule has 0 atom stereocenters. The minimum Gasteiger partial charge on any atom is -0.316 e. The van der Waals surface area contributed by atoms with Crippen LogP contribution in [0.15, 0.2) is 80.7 Å². The van der Waals surface area contributed by atoms with Crippen molar-refractivity contribution in [1.82, 2.24) is 0 Å². The van der Waals surface area contributed by atoms with Crippen molar-refractivity contribution in [3.8, 4) is 12.1 Å². The van der Waals surface area contributed by atoms with Gasteiger partial charge in [-0.1, -0.05) is 53.7 Å². The van der Waals surface area contributed by atoms with E-state index >= 15 is 0 Å². The summed E-state index contributed by atoms with van der Waals surface area (Å²) >= 11 is 1.08. The number of nitrogens with zero attached hydrogens (tertiary/aromatic N) is 4. The number of hydrogen-bond acceptors (Lipinski definition) is 8. The van der Waals surface area contributed by atoms with E-state index in [2.05, 4.69) is 10.1 Å². The SMILES string of the molecule is N#CC(=NCS(=O)(=O)C1=CCCC=C1)c1ccc(C(C#N)=NOSC2=CCCC=C2)cc1. The Morgan fingerprint density at radius 2 is 1.56 bits per heavy atom. The first kappa shape index (κ1) is 23.3. The molecule has 2 aliphatic carbocycles. The lowest BCUT2D eigenvalue weighted by Crippen LogP contribution is -2.10. The van der Waals surface area contributed by atoms with Crippen LogP contribution in [-0.4, -0.2) is 25.7 Å². The number of oxime groups is 1. The van der Waals surface area contributed by atoms with Gasteiger partial charge >= 0.3 is 0 Å². The first-order valence-corrected chi connectivity index (χ1v) is 12.3. The maximum atomic E-state index is 12.4. The molecular weight excluding hydrogens is 444 g/mol. The molecule has 32 heavy (non-hydrogen) atoms. The molecule has 0 spiro atoms. The third-order valence-corrected chi connectivity index (χ3v) is 6.71. The molecule has 9 heteroatoms. The fourth-order valence-corrected chi connectivity index (χ4v) is 4.57. The van der Waals surface area contributed by atoms with Crippen LogP contribution in [0.4, 0.5) is 0 Å². The topological polar surface area (TPSA) is 116 Å². The second-order valence-corrected chi connectivity index (χ2v) is 9.57. The third-order valence-electron chi connectivity index (χ3n) is 4.58. The van der Waals surface area contributed by atoms with Gasteiger partial charge in [-0.3, -0.25) is 4.99 Å². The maximum Gasteiger partial charge on any atom is 0.198 e. The predicted octanol–water partition coefficient (Wildman–Crippen LogP) is 4.73. The summed E-state index contributed by atoms with van der Waals surface area (Å²) in [5.41, 5.74) is 1.04. The number of allylic oxidation sites excluding steroid dienone is 6. The Bertz CT molecular complexity index is 1220. The number of rotatable bonds is 8. The Labute approximate surface area is 191 Å². The smallest absolute Gasteiger partial charge is 0.198 e. The Morgan fingerprint density at radius 3 is 2.12 bits per heavy atom. The molecule has 162 valence electrons. The van der Waals surface area contributed by atoms with Crippen LogP contribution in [0.5, 0.6) is 0 Å². The molecule has 0 saturated heterocycles. The van der Waals surface area contributed by atoms with Gasteiger partial charge in [0.15, 0.2) is 15.5 Å². The molecule has 0 unspecified atom stereocenters. The van der Waals surface area contributed by atoms with Gasteiger partial charge < -0.3 is 4.28 Å². The molecule has 0 bridgehead atoms. The largest absolute Gasteiger partial charge is 0.316 e. The summed E-state index contributed by atoms with van der Waals surface area (Å²) in [7, 11) is -3.60. The van der Waals surface area contributed by atoms with Gasteiger partial charge in [0.1, 0.15) is 35.8 Å². The van der Waals surface area contributed by atoms with Crippen molar-refractivity contribution >= 4 is 33.3 Å². The minimum atomic E-state index is -3.60. The van der Waals surface area contributed by atoms with Crippen LogP contribution in [0.3, 0.4) is 0 Å². The second-order valence-electron chi connectivity index (χ2n) is 6.82. The molecule has 0 amide bonds. The van der Waals surface area contributed by atoms with E-state index in [0.29, 0.717) is 17.5 Å². The molecule has 0 aromatic heterocycles. The zero-order valence-corrected chi connectivity index (χ0v) is 18.8. The van der Waals surface area contributed by atoms with Crippen molar-refractivity contribution in [2.24, 2.45) is 10.1 Å². The molecular formula is C23H20N4O3S2. The first-order chi connectivity index (χ1) is 15.5. The zero-order valence-electron chi connectivity index (χ0n) is 17.1. The highest BCUT2D eigenvalue weighted by Gasteiger charge is 2.17. The quantitative estimate of drug-likeness (QED) is 0.312. The highest BCUT2D eigenvalue weighted by molar-refractivity contribution is 7.98. The molecule has 7 nitrogen and oxygen atoms in total. The summed E-state index contributed by atoms with van der Waals surface area (Å²) in [5.74, 6) is -0.506. The van der Waals surface area contributed by atoms with E-state index < -0.39 is 15.7 Å². The summed E-state index contributed by atoms with van der Waals surface area (Å²) < 4.78 is 30.1. The lowest BCUT2D eigenvalue weighted by atomic mass is 10.1. The summed E-state index contributed by atoms with van der Waals surface area (Å²) in [5, 5.41) is 22.7. The minimum absolute atomic E-state index is 0.00112. The number of nitriles is 2. The standard InChI is InChI=1S/C23H20N4O3S2/c24-15-22(26-17-32(28,29)21-9-5-2-6-10-21)18-11-13-19(14-12-18)23(16-25)27-30-31-20-7-3-1-4-8-20/h3,5,7-14H,1-2,4,6,17H2. The van der Waals surface area contributed by atoms with Crippen molar-refractivity contribution < 1.29 is 12.7 Å². The van der Waals surface area contributed by atoms with E-state index in [-0.39, 0.29) is 16.3 Å². The van der Waals surface area contributed by atoms with Gasteiger partial charge in [-0.15, -0.1) is 0 Å².